The molecule has 1 aliphatic heterocycles. The summed E-state index contributed by atoms with van der Waals surface area (Å²) in [6.45, 7) is 6.04. The van der Waals surface area contributed by atoms with Gasteiger partial charge in [-0.05, 0) is 105 Å². The summed E-state index contributed by atoms with van der Waals surface area (Å²) in [6.07, 6.45) is 1.78. The molecule has 0 saturated carbocycles. The number of thiocarbonyl (C=S) groups is 1. The van der Waals surface area contributed by atoms with Crippen molar-refractivity contribution >= 4 is 29.0 Å². The van der Waals surface area contributed by atoms with Crippen molar-refractivity contribution in [3.05, 3.63) is 137 Å². The molecule has 0 spiro atoms. The van der Waals surface area contributed by atoms with Gasteiger partial charge in [-0.25, -0.2) is 4.79 Å². The normalized spacial score (nSPS) is 16.4. The zero-order valence-corrected chi connectivity index (χ0v) is 24.3. The molecule has 8 heteroatoms. The zero-order valence-electron chi connectivity index (χ0n) is 23.5. The van der Waals surface area contributed by atoms with Crippen LogP contribution in [0.3, 0.4) is 0 Å². The summed E-state index contributed by atoms with van der Waals surface area (Å²) in [4.78, 5) is 18.9. The smallest absolute Gasteiger partial charge is 0.337 e. The molecule has 5 aromatic rings. The maximum absolute atomic E-state index is 12.1. The Morgan fingerprint density at radius 1 is 0.929 bits per heavy atom. The summed E-state index contributed by atoms with van der Waals surface area (Å²) in [6, 6.07) is 30.4. The van der Waals surface area contributed by atoms with Crippen molar-refractivity contribution < 1.29 is 14.6 Å². The molecule has 1 aliphatic rings. The van der Waals surface area contributed by atoms with E-state index in [0.717, 1.165) is 45.4 Å². The van der Waals surface area contributed by atoms with Gasteiger partial charge in [0.1, 0.15) is 11.5 Å². The van der Waals surface area contributed by atoms with Crippen LogP contribution in [0.1, 0.15) is 50.7 Å². The third kappa shape index (κ3) is 4.90. The fourth-order valence-electron chi connectivity index (χ4n) is 5.73. The second kappa shape index (κ2) is 11.1. The number of hydrogen-bond donors (Lipinski definition) is 2. The SMILES string of the molecule is Cc1ccccc1Oc1ccc(N2C(=S)N[C@@H](c3ccccn3)[C@H]2c2cc(C)n(-c3ccccc3C(=O)O)c2C)cc1. The maximum atomic E-state index is 12.1. The quantitative estimate of drug-likeness (QED) is 0.195. The second-order valence-corrected chi connectivity index (χ2v) is 10.7. The van der Waals surface area contributed by atoms with Crippen LogP contribution in [0.4, 0.5) is 5.69 Å². The lowest BCUT2D eigenvalue weighted by molar-refractivity contribution is 0.0697. The molecule has 0 amide bonds. The van der Waals surface area contributed by atoms with Gasteiger partial charge in [-0.15, -0.1) is 0 Å². The van der Waals surface area contributed by atoms with Crippen molar-refractivity contribution in [3.63, 3.8) is 0 Å². The molecule has 3 aromatic carbocycles. The van der Waals surface area contributed by atoms with E-state index in [4.69, 9.17) is 17.0 Å². The van der Waals surface area contributed by atoms with Crippen molar-refractivity contribution in [1.82, 2.24) is 14.9 Å². The van der Waals surface area contributed by atoms with Crippen LogP contribution in [-0.4, -0.2) is 25.7 Å². The minimum absolute atomic E-state index is 0.231. The highest BCUT2D eigenvalue weighted by atomic mass is 32.1. The van der Waals surface area contributed by atoms with E-state index in [9.17, 15) is 9.90 Å². The molecule has 0 bridgehead atoms. The number of anilines is 1. The molecule has 6 rings (SSSR count). The molecule has 2 N–H and O–H groups in total. The third-order valence-electron chi connectivity index (χ3n) is 7.70. The molecule has 0 radical (unpaired) electrons. The average molecular weight is 575 g/mol. The first-order valence-electron chi connectivity index (χ1n) is 13.7. The van der Waals surface area contributed by atoms with Crippen LogP contribution < -0.4 is 15.0 Å². The van der Waals surface area contributed by atoms with E-state index in [1.807, 2.05) is 104 Å². The summed E-state index contributed by atoms with van der Waals surface area (Å²) in [5.41, 5.74) is 6.58. The molecule has 0 aliphatic carbocycles. The van der Waals surface area contributed by atoms with Crippen molar-refractivity contribution in [3.8, 4) is 17.2 Å². The van der Waals surface area contributed by atoms with Crippen LogP contribution in [0, 0.1) is 20.8 Å². The minimum atomic E-state index is -0.968. The average Bonchev–Trinajstić information content (AvgIpc) is 3.49. The van der Waals surface area contributed by atoms with E-state index >= 15 is 0 Å². The lowest BCUT2D eigenvalue weighted by atomic mass is 9.96. The van der Waals surface area contributed by atoms with Gasteiger partial charge in [0.05, 0.1) is 29.0 Å². The number of carboxylic acids is 1. The summed E-state index contributed by atoms with van der Waals surface area (Å²) in [5, 5.41) is 14.0. The van der Waals surface area contributed by atoms with Crippen LogP contribution in [0.2, 0.25) is 0 Å². The molecular weight excluding hydrogens is 544 g/mol. The molecule has 1 fully saturated rings. The number of aromatic carboxylic acids is 1. The highest BCUT2D eigenvalue weighted by Crippen LogP contribution is 2.44. The van der Waals surface area contributed by atoms with E-state index < -0.39 is 5.97 Å². The number of pyridine rings is 1. The lowest BCUT2D eigenvalue weighted by Crippen LogP contribution is -2.29. The van der Waals surface area contributed by atoms with Crippen molar-refractivity contribution in [2.75, 3.05) is 4.90 Å². The first-order chi connectivity index (χ1) is 20.3. The molecule has 2 atom stereocenters. The highest BCUT2D eigenvalue weighted by Gasteiger charge is 2.42. The largest absolute Gasteiger partial charge is 0.478 e. The number of benzene rings is 3. The number of nitrogens with zero attached hydrogens (tertiary/aromatic N) is 3. The van der Waals surface area contributed by atoms with Crippen LogP contribution >= 0.6 is 12.2 Å². The lowest BCUT2D eigenvalue weighted by Gasteiger charge is -2.28. The second-order valence-electron chi connectivity index (χ2n) is 10.3. The van der Waals surface area contributed by atoms with Crippen molar-refractivity contribution in [2.45, 2.75) is 32.9 Å². The number of aromatic nitrogens is 2. The van der Waals surface area contributed by atoms with E-state index in [1.54, 1.807) is 18.3 Å². The van der Waals surface area contributed by atoms with Gasteiger partial charge in [-0.3, -0.25) is 4.98 Å². The Balaban J connectivity index is 1.44. The van der Waals surface area contributed by atoms with Gasteiger partial charge in [0.2, 0.25) is 0 Å². The van der Waals surface area contributed by atoms with E-state index in [-0.39, 0.29) is 17.6 Å². The Kier molecular flexibility index (Phi) is 7.22. The summed E-state index contributed by atoms with van der Waals surface area (Å²) in [5.74, 6) is 0.572. The van der Waals surface area contributed by atoms with Crippen LogP contribution in [0.25, 0.3) is 5.69 Å². The Morgan fingerprint density at radius 2 is 1.64 bits per heavy atom. The summed E-state index contributed by atoms with van der Waals surface area (Å²) in [7, 11) is 0. The van der Waals surface area contributed by atoms with Gasteiger partial charge >= 0.3 is 5.97 Å². The van der Waals surface area contributed by atoms with E-state index in [0.29, 0.717) is 10.8 Å². The molecule has 2 aromatic heterocycles. The standard InChI is InChI=1S/C34H30N4O3S/c1-21-10-4-7-14-30(21)41-25-17-15-24(16-18-25)38-32(31(36-34(38)42)28-12-8-9-19-35-28)27-20-22(2)37(23(27)3)29-13-6-5-11-26(29)33(39)40/h4-20,31-32H,1-3H3,(H,36,42)(H,39,40)/t31-,32+/m0/s1. The van der Waals surface area contributed by atoms with Crippen LogP contribution in [0.5, 0.6) is 11.5 Å². The summed E-state index contributed by atoms with van der Waals surface area (Å²) >= 11 is 5.93. The first-order valence-corrected chi connectivity index (χ1v) is 14.1. The fraction of sp³-hybridized carbons (Fsp3) is 0.147. The van der Waals surface area contributed by atoms with Gasteiger partial charge in [0.15, 0.2) is 5.11 Å². The minimum Gasteiger partial charge on any atom is -0.478 e. The number of carboxylic acid groups (broad SMARTS) is 1. The van der Waals surface area contributed by atoms with Gasteiger partial charge < -0.3 is 24.6 Å². The number of nitrogens with one attached hydrogen (secondary N) is 1. The van der Waals surface area contributed by atoms with Crippen LogP contribution in [0.15, 0.2) is 103 Å². The van der Waals surface area contributed by atoms with Gasteiger partial charge in [0.25, 0.3) is 0 Å². The molecular formula is C34H30N4O3S. The molecule has 210 valence electrons. The topological polar surface area (TPSA) is 79.6 Å². The van der Waals surface area contributed by atoms with E-state index in [2.05, 4.69) is 21.3 Å². The predicted molar refractivity (Wildman–Crippen MR) is 168 cm³/mol. The van der Waals surface area contributed by atoms with Crippen LogP contribution in [-0.2, 0) is 0 Å². The van der Waals surface area contributed by atoms with E-state index in [1.165, 1.54) is 0 Å². The Bertz CT molecular complexity index is 1780. The number of ether oxygens (including phenoxy) is 1. The Labute approximate surface area is 250 Å². The Hall–Kier alpha value is -4.95. The number of hydrogen-bond acceptors (Lipinski definition) is 4. The van der Waals surface area contributed by atoms with Crippen molar-refractivity contribution in [1.29, 1.82) is 0 Å². The number of carbonyl (C=O) groups is 1. The third-order valence-corrected chi connectivity index (χ3v) is 8.01. The number of aryl methyl sites for hydroxylation is 2. The Morgan fingerprint density at radius 3 is 2.36 bits per heavy atom. The molecule has 3 heterocycles. The van der Waals surface area contributed by atoms with Gasteiger partial charge in [0, 0.05) is 23.3 Å². The number of para-hydroxylation sites is 2. The highest BCUT2D eigenvalue weighted by molar-refractivity contribution is 7.80. The van der Waals surface area contributed by atoms with Gasteiger partial charge in [-0.2, -0.15) is 0 Å². The maximum Gasteiger partial charge on any atom is 0.337 e. The molecule has 42 heavy (non-hydrogen) atoms. The molecule has 0 unspecified atom stereocenters. The van der Waals surface area contributed by atoms with Crippen molar-refractivity contribution in [2.24, 2.45) is 0 Å². The fourth-order valence-corrected chi connectivity index (χ4v) is 6.07. The first kappa shape index (κ1) is 27.2. The molecule has 7 nitrogen and oxygen atoms in total. The zero-order chi connectivity index (χ0) is 29.4. The number of rotatable bonds is 7. The summed E-state index contributed by atoms with van der Waals surface area (Å²) < 4.78 is 8.15. The monoisotopic (exact) mass is 574 g/mol. The molecule has 1 saturated heterocycles. The predicted octanol–water partition coefficient (Wildman–Crippen LogP) is 7.47. The van der Waals surface area contributed by atoms with Gasteiger partial charge in [-0.1, -0.05) is 36.4 Å².